The Hall–Kier alpha value is -1.13. The first-order valence-electron chi connectivity index (χ1n) is 7.24. The zero-order chi connectivity index (χ0) is 13.7. The molecule has 1 aromatic rings. The number of hydrogen-bond donors (Lipinski definition) is 1. The number of pyridine rings is 1. The lowest BCUT2D eigenvalue weighted by Crippen LogP contribution is -2.47. The lowest BCUT2D eigenvalue weighted by atomic mass is 10.1. The summed E-state index contributed by atoms with van der Waals surface area (Å²) in [6, 6.07) is 4.71. The van der Waals surface area contributed by atoms with E-state index in [1.807, 2.05) is 6.20 Å². The van der Waals surface area contributed by atoms with Crippen molar-refractivity contribution in [2.45, 2.75) is 45.9 Å². The van der Waals surface area contributed by atoms with Gasteiger partial charge in [0.1, 0.15) is 0 Å². The van der Waals surface area contributed by atoms with Crippen LogP contribution in [0.1, 0.15) is 32.9 Å². The van der Waals surface area contributed by atoms with Gasteiger partial charge < -0.3 is 15.0 Å². The van der Waals surface area contributed by atoms with Crippen LogP contribution in [0.25, 0.3) is 0 Å². The molecular weight excluding hydrogens is 238 g/mol. The molecule has 2 atom stereocenters. The molecule has 2 unspecified atom stereocenters. The van der Waals surface area contributed by atoms with Gasteiger partial charge in [-0.25, -0.2) is 0 Å². The van der Waals surface area contributed by atoms with Crippen molar-refractivity contribution in [2.24, 2.45) is 0 Å². The van der Waals surface area contributed by atoms with Gasteiger partial charge in [0.05, 0.1) is 18.4 Å². The summed E-state index contributed by atoms with van der Waals surface area (Å²) in [5, 5.41) is 3.40. The van der Waals surface area contributed by atoms with E-state index in [4.69, 9.17) is 4.74 Å². The fourth-order valence-corrected chi connectivity index (χ4v) is 2.40. The SMILES string of the molecule is CCCNCc1cc(N2CC(C)OCC2C)ccn1. The molecule has 106 valence electrons. The summed E-state index contributed by atoms with van der Waals surface area (Å²) in [6.45, 7) is 10.1. The summed E-state index contributed by atoms with van der Waals surface area (Å²) in [4.78, 5) is 6.85. The predicted octanol–water partition coefficient (Wildman–Crippen LogP) is 2.19. The molecule has 1 aromatic heterocycles. The normalized spacial score (nSPS) is 23.6. The molecular formula is C15H25N3O. The Morgan fingerprint density at radius 1 is 1.47 bits per heavy atom. The third-order valence-electron chi connectivity index (χ3n) is 3.47. The van der Waals surface area contributed by atoms with E-state index in [0.717, 1.165) is 38.4 Å². The summed E-state index contributed by atoms with van der Waals surface area (Å²) < 4.78 is 5.68. The van der Waals surface area contributed by atoms with Gasteiger partial charge in [0.15, 0.2) is 0 Å². The number of morpholine rings is 1. The van der Waals surface area contributed by atoms with E-state index in [9.17, 15) is 0 Å². The lowest BCUT2D eigenvalue weighted by molar-refractivity contribution is 0.0343. The minimum Gasteiger partial charge on any atom is -0.375 e. The third kappa shape index (κ3) is 3.91. The average Bonchev–Trinajstić information content (AvgIpc) is 2.42. The number of rotatable bonds is 5. The molecule has 0 radical (unpaired) electrons. The summed E-state index contributed by atoms with van der Waals surface area (Å²) in [6.07, 6.45) is 3.36. The van der Waals surface area contributed by atoms with Crippen LogP contribution < -0.4 is 10.2 Å². The second-order valence-corrected chi connectivity index (χ2v) is 5.33. The van der Waals surface area contributed by atoms with Crippen LogP contribution in [0.5, 0.6) is 0 Å². The van der Waals surface area contributed by atoms with E-state index < -0.39 is 0 Å². The van der Waals surface area contributed by atoms with E-state index in [2.05, 4.69) is 48.1 Å². The Morgan fingerprint density at radius 2 is 2.32 bits per heavy atom. The van der Waals surface area contributed by atoms with Crippen LogP contribution in [0, 0.1) is 0 Å². The molecule has 19 heavy (non-hydrogen) atoms. The lowest BCUT2D eigenvalue weighted by Gasteiger charge is -2.38. The summed E-state index contributed by atoms with van der Waals surface area (Å²) in [5.74, 6) is 0. The molecule has 0 saturated carbocycles. The topological polar surface area (TPSA) is 37.4 Å². The van der Waals surface area contributed by atoms with E-state index in [1.54, 1.807) is 0 Å². The molecule has 1 N–H and O–H groups in total. The first-order valence-corrected chi connectivity index (χ1v) is 7.24. The number of nitrogens with one attached hydrogen (secondary N) is 1. The molecule has 4 heteroatoms. The first kappa shape index (κ1) is 14.3. The number of anilines is 1. The number of nitrogens with zero attached hydrogens (tertiary/aromatic N) is 2. The second-order valence-electron chi connectivity index (χ2n) is 5.33. The standard InChI is InChI=1S/C15H25N3O/c1-4-6-16-9-14-8-15(5-7-17-14)18-10-13(3)19-11-12(18)2/h5,7-8,12-13,16H,4,6,9-11H2,1-3H3. The van der Waals surface area contributed by atoms with Crippen LogP contribution >= 0.6 is 0 Å². The molecule has 0 amide bonds. The predicted molar refractivity (Wildman–Crippen MR) is 78.5 cm³/mol. The zero-order valence-electron chi connectivity index (χ0n) is 12.2. The van der Waals surface area contributed by atoms with Crippen LogP contribution in [-0.4, -0.2) is 36.8 Å². The summed E-state index contributed by atoms with van der Waals surface area (Å²) in [5.41, 5.74) is 2.36. The minimum atomic E-state index is 0.297. The largest absolute Gasteiger partial charge is 0.375 e. The summed E-state index contributed by atoms with van der Waals surface area (Å²) in [7, 11) is 0. The van der Waals surface area contributed by atoms with Crippen molar-refractivity contribution in [1.29, 1.82) is 0 Å². The fourth-order valence-electron chi connectivity index (χ4n) is 2.40. The molecule has 1 aliphatic heterocycles. The highest BCUT2D eigenvalue weighted by atomic mass is 16.5. The van der Waals surface area contributed by atoms with Crippen molar-refractivity contribution >= 4 is 5.69 Å². The maximum Gasteiger partial charge on any atom is 0.0723 e. The van der Waals surface area contributed by atoms with Crippen LogP contribution in [0.2, 0.25) is 0 Å². The Bertz CT molecular complexity index is 397. The van der Waals surface area contributed by atoms with Crippen molar-refractivity contribution in [3.63, 3.8) is 0 Å². The fraction of sp³-hybridized carbons (Fsp3) is 0.667. The third-order valence-corrected chi connectivity index (χ3v) is 3.47. The summed E-state index contributed by atoms with van der Waals surface area (Å²) >= 11 is 0. The molecule has 1 fully saturated rings. The van der Waals surface area contributed by atoms with Crippen molar-refractivity contribution in [3.8, 4) is 0 Å². The number of aromatic nitrogens is 1. The molecule has 0 aliphatic carbocycles. The van der Waals surface area contributed by atoms with Gasteiger partial charge in [-0.2, -0.15) is 0 Å². The Morgan fingerprint density at radius 3 is 3.11 bits per heavy atom. The van der Waals surface area contributed by atoms with Crippen LogP contribution in [0.3, 0.4) is 0 Å². The van der Waals surface area contributed by atoms with Crippen molar-refractivity contribution in [2.75, 3.05) is 24.6 Å². The minimum absolute atomic E-state index is 0.297. The van der Waals surface area contributed by atoms with E-state index in [0.29, 0.717) is 12.1 Å². The van der Waals surface area contributed by atoms with E-state index in [-0.39, 0.29) is 0 Å². The van der Waals surface area contributed by atoms with Crippen LogP contribution in [-0.2, 0) is 11.3 Å². The van der Waals surface area contributed by atoms with Gasteiger partial charge in [-0.1, -0.05) is 6.92 Å². The van der Waals surface area contributed by atoms with Gasteiger partial charge in [-0.3, -0.25) is 4.98 Å². The van der Waals surface area contributed by atoms with Crippen molar-refractivity contribution < 1.29 is 4.74 Å². The van der Waals surface area contributed by atoms with E-state index >= 15 is 0 Å². The zero-order valence-corrected chi connectivity index (χ0v) is 12.2. The molecule has 1 aliphatic rings. The van der Waals surface area contributed by atoms with Gasteiger partial charge in [0.25, 0.3) is 0 Å². The van der Waals surface area contributed by atoms with E-state index in [1.165, 1.54) is 5.69 Å². The van der Waals surface area contributed by atoms with Crippen molar-refractivity contribution in [3.05, 3.63) is 24.0 Å². The van der Waals surface area contributed by atoms with Gasteiger partial charge in [0.2, 0.25) is 0 Å². The smallest absolute Gasteiger partial charge is 0.0723 e. The monoisotopic (exact) mass is 263 g/mol. The number of ether oxygens (including phenoxy) is 1. The molecule has 1 saturated heterocycles. The maximum absolute atomic E-state index is 5.68. The van der Waals surface area contributed by atoms with Crippen LogP contribution in [0.4, 0.5) is 5.69 Å². The molecule has 4 nitrogen and oxygen atoms in total. The van der Waals surface area contributed by atoms with Crippen molar-refractivity contribution in [1.82, 2.24) is 10.3 Å². The van der Waals surface area contributed by atoms with Gasteiger partial charge in [-0.15, -0.1) is 0 Å². The van der Waals surface area contributed by atoms with Gasteiger partial charge in [0, 0.05) is 31.0 Å². The highest BCUT2D eigenvalue weighted by molar-refractivity contribution is 5.48. The Kier molecular flexibility index (Phi) is 5.16. The molecule has 0 spiro atoms. The molecule has 0 aromatic carbocycles. The maximum atomic E-state index is 5.68. The highest BCUT2D eigenvalue weighted by Crippen LogP contribution is 2.21. The van der Waals surface area contributed by atoms with Gasteiger partial charge >= 0.3 is 0 Å². The average molecular weight is 263 g/mol. The Balaban J connectivity index is 2.04. The first-order chi connectivity index (χ1) is 9.20. The Labute approximate surface area is 116 Å². The second kappa shape index (κ2) is 6.87. The highest BCUT2D eigenvalue weighted by Gasteiger charge is 2.23. The molecule has 0 bridgehead atoms. The molecule has 2 heterocycles. The van der Waals surface area contributed by atoms with Gasteiger partial charge in [-0.05, 0) is 38.9 Å². The number of hydrogen-bond acceptors (Lipinski definition) is 4. The quantitative estimate of drug-likeness (QED) is 0.826. The van der Waals surface area contributed by atoms with Crippen LogP contribution in [0.15, 0.2) is 18.3 Å². The molecule has 2 rings (SSSR count).